The lowest BCUT2D eigenvalue weighted by atomic mass is 9.92. The highest BCUT2D eigenvalue weighted by atomic mass is 19.4. The molecule has 0 bridgehead atoms. The molecule has 0 radical (unpaired) electrons. The van der Waals surface area contributed by atoms with Crippen molar-refractivity contribution >= 4 is 11.8 Å². The van der Waals surface area contributed by atoms with E-state index in [0.717, 1.165) is 0 Å². The van der Waals surface area contributed by atoms with Crippen LogP contribution in [0, 0.1) is 11.3 Å². The molecular weight excluding hydrogens is 237 g/mol. The zero-order valence-electron chi connectivity index (χ0n) is 9.67. The number of alkyl halides is 3. The minimum absolute atomic E-state index is 0.0546. The van der Waals surface area contributed by atoms with Crippen LogP contribution in [0.5, 0.6) is 0 Å². The summed E-state index contributed by atoms with van der Waals surface area (Å²) in [5, 5.41) is 0. The highest BCUT2D eigenvalue weighted by Gasteiger charge is 2.48. The van der Waals surface area contributed by atoms with E-state index in [2.05, 4.69) is 0 Å². The Bertz CT molecular complexity index is 339. The molecule has 1 saturated heterocycles. The van der Waals surface area contributed by atoms with Crippen molar-refractivity contribution in [2.24, 2.45) is 17.1 Å². The Labute approximate surface area is 96.9 Å². The fourth-order valence-electron chi connectivity index (χ4n) is 1.74. The van der Waals surface area contributed by atoms with Gasteiger partial charge < -0.3 is 5.73 Å². The number of carbonyl (C=O) groups is 2. The van der Waals surface area contributed by atoms with Crippen LogP contribution >= 0.6 is 0 Å². The average Bonchev–Trinajstić information content (AvgIpc) is 2.32. The van der Waals surface area contributed by atoms with Crippen molar-refractivity contribution in [1.82, 2.24) is 4.90 Å². The lowest BCUT2D eigenvalue weighted by Crippen LogP contribution is -2.44. The van der Waals surface area contributed by atoms with Gasteiger partial charge in [-0.05, 0) is 0 Å². The molecule has 0 saturated carbocycles. The van der Waals surface area contributed by atoms with Crippen molar-refractivity contribution in [2.45, 2.75) is 26.4 Å². The van der Waals surface area contributed by atoms with Gasteiger partial charge in [-0.2, -0.15) is 13.2 Å². The second-order valence-electron chi connectivity index (χ2n) is 4.84. The predicted molar refractivity (Wildman–Crippen MR) is 53.7 cm³/mol. The summed E-state index contributed by atoms with van der Waals surface area (Å²) < 4.78 is 37.5. The van der Waals surface area contributed by atoms with Crippen LogP contribution in [0.25, 0.3) is 0 Å². The first-order chi connectivity index (χ1) is 7.59. The number of carbonyl (C=O) groups excluding carboxylic acids is 2. The van der Waals surface area contributed by atoms with E-state index in [1.165, 1.54) is 13.8 Å². The number of amides is 2. The number of imide groups is 1. The van der Waals surface area contributed by atoms with E-state index in [1.807, 2.05) is 0 Å². The molecule has 1 aliphatic heterocycles. The summed E-state index contributed by atoms with van der Waals surface area (Å²) >= 11 is 0. The molecule has 1 rings (SSSR count). The minimum atomic E-state index is -4.50. The summed E-state index contributed by atoms with van der Waals surface area (Å²) in [6, 6.07) is 0. The molecule has 4 nitrogen and oxygen atoms in total. The molecule has 1 heterocycles. The number of hydrogen-bond donors (Lipinski definition) is 1. The maximum absolute atomic E-state index is 12.5. The second kappa shape index (κ2) is 4.29. The molecule has 0 aliphatic carbocycles. The van der Waals surface area contributed by atoms with Crippen molar-refractivity contribution in [3.8, 4) is 0 Å². The number of nitrogens with two attached hydrogens (primary N) is 1. The minimum Gasteiger partial charge on any atom is -0.330 e. The normalized spacial score (nSPS) is 22.1. The van der Waals surface area contributed by atoms with Gasteiger partial charge in [0, 0.05) is 19.5 Å². The predicted octanol–water partition coefficient (Wildman–Crippen LogP) is 0.909. The van der Waals surface area contributed by atoms with Gasteiger partial charge in [-0.25, -0.2) is 0 Å². The average molecular weight is 252 g/mol. The second-order valence-corrected chi connectivity index (χ2v) is 4.84. The van der Waals surface area contributed by atoms with Crippen LogP contribution in [-0.4, -0.2) is 36.0 Å². The molecule has 1 unspecified atom stereocenters. The van der Waals surface area contributed by atoms with Crippen LogP contribution in [0.2, 0.25) is 0 Å². The van der Waals surface area contributed by atoms with Gasteiger partial charge in [-0.1, -0.05) is 13.8 Å². The molecule has 0 aromatic rings. The van der Waals surface area contributed by atoms with Gasteiger partial charge >= 0.3 is 6.18 Å². The first-order valence-corrected chi connectivity index (χ1v) is 5.21. The number of likely N-dealkylation sites (tertiary alicyclic amines) is 1. The van der Waals surface area contributed by atoms with Crippen LogP contribution in [0.15, 0.2) is 0 Å². The molecule has 1 atom stereocenters. The Morgan fingerprint density at radius 2 is 1.94 bits per heavy atom. The summed E-state index contributed by atoms with van der Waals surface area (Å²) in [6.07, 6.45) is -4.55. The zero-order chi connectivity index (χ0) is 13.4. The standard InChI is InChI=1S/C10H15F3N2O2/c1-9(2)3-7(16)15(8(9)17)5-6(4-14)10(11,12)13/h6H,3-5,14H2,1-2H3. The smallest absolute Gasteiger partial charge is 0.330 e. The van der Waals surface area contributed by atoms with E-state index in [4.69, 9.17) is 5.73 Å². The number of rotatable bonds is 3. The van der Waals surface area contributed by atoms with Crippen LogP contribution in [0.1, 0.15) is 20.3 Å². The molecule has 17 heavy (non-hydrogen) atoms. The van der Waals surface area contributed by atoms with Gasteiger partial charge in [-0.3, -0.25) is 14.5 Å². The highest BCUT2D eigenvalue weighted by Crippen LogP contribution is 2.34. The van der Waals surface area contributed by atoms with Gasteiger partial charge in [-0.15, -0.1) is 0 Å². The van der Waals surface area contributed by atoms with E-state index < -0.39 is 42.4 Å². The zero-order valence-corrected chi connectivity index (χ0v) is 9.67. The SMILES string of the molecule is CC1(C)CC(=O)N(CC(CN)C(F)(F)F)C1=O. The van der Waals surface area contributed by atoms with Crippen LogP contribution < -0.4 is 5.73 Å². The summed E-state index contributed by atoms with van der Waals surface area (Å²) in [6.45, 7) is 1.76. The summed E-state index contributed by atoms with van der Waals surface area (Å²) in [5.74, 6) is -2.99. The first kappa shape index (κ1) is 14.0. The maximum Gasteiger partial charge on any atom is 0.394 e. The third-order valence-corrected chi connectivity index (χ3v) is 2.87. The maximum atomic E-state index is 12.5. The molecule has 2 amide bonds. The van der Waals surface area contributed by atoms with Gasteiger partial charge in [0.05, 0.1) is 11.3 Å². The highest BCUT2D eigenvalue weighted by molar-refractivity contribution is 6.05. The van der Waals surface area contributed by atoms with E-state index in [-0.39, 0.29) is 6.42 Å². The van der Waals surface area contributed by atoms with Gasteiger partial charge in [0.25, 0.3) is 0 Å². The van der Waals surface area contributed by atoms with Crippen molar-refractivity contribution in [1.29, 1.82) is 0 Å². The molecule has 7 heteroatoms. The van der Waals surface area contributed by atoms with Gasteiger partial charge in [0.2, 0.25) is 11.8 Å². The van der Waals surface area contributed by atoms with E-state index in [1.54, 1.807) is 0 Å². The van der Waals surface area contributed by atoms with Crippen LogP contribution in [-0.2, 0) is 9.59 Å². The molecule has 1 aliphatic rings. The Morgan fingerprint density at radius 1 is 1.41 bits per heavy atom. The van der Waals surface area contributed by atoms with E-state index in [9.17, 15) is 22.8 Å². The van der Waals surface area contributed by atoms with Gasteiger partial charge in [0.15, 0.2) is 0 Å². The van der Waals surface area contributed by atoms with Crippen molar-refractivity contribution in [3.05, 3.63) is 0 Å². The molecule has 1 fully saturated rings. The topological polar surface area (TPSA) is 63.4 Å². The molecule has 0 aromatic heterocycles. The molecule has 0 spiro atoms. The summed E-state index contributed by atoms with van der Waals surface area (Å²) in [4.78, 5) is 23.9. The molecule has 0 aromatic carbocycles. The Hall–Kier alpha value is -1.11. The largest absolute Gasteiger partial charge is 0.394 e. The molecule has 98 valence electrons. The van der Waals surface area contributed by atoms with Crippen LogP contribution in [0.4, 0.5) is 13.2 Å². The van der Waals surface area contributed by atoms with E-state index >= 15 is 0 Å². The summed E-state index contributed by atoms with van der Waals surface area (Å²) in [7, 11) is 0. The monoisotopic (exact) mass is 252 g/mol. The third kappa shape index (κ3) is 2.77. The van der Waals surface area contributed by atoms with Gasteiger partial charge in [0.1, 0.15) is 0 Å². The fourth-order valence-corrected chi connectivity index (χ4v) is 1.74. The number of halogens is 3. The Balaban J connectivity index is 2.82. The number of nitrogens with zero attached hydrogens (tertiary/aromatic N) is 1. The first-order valence-electron chi connectivity index (χ1n) is 5.21. The van der Waals surface area contributed by atoms with Crippen molar-refractivity contribution < 1.29 is 22.8 Å². The van der Waals surface area contributed by atoms with E-state index in [0.29, 0.717) is 4.90 Å². The lowest BCUT2D eigenvalue weighted by Gasteiger charge is -2.24. The lowest BCUT2D eigenvalue weighted by molar-refractivity contribution is -0.178. The quantitative estimate of drug-likeness (QED) is 0.759. The Morgan fingerprint density at radius 3 is 2.24 bits per heavy atom. The molecule has 2 N–H and O–H groups in total. The van der Waals surface area contributed by atoms with Crippen molar-refractivity contribution in [3.63, 3.8) is 0 Å². The fraction of sp³-hybridized carbons (Fsp3) is 0.800. The van der Waals surface area contributed by atoms with Crippen molar-refractivity contribution in [2.75, 3.05) is 13.1 Å². The number of hydrogen-bond acceptors (Lipinski definition) is 3. The third-order valence-electron chi connectivity index (χ3n) is 2.87. The summed E-state index contributed by atoms with van der Waals surface area (Å²) in [5.41, 5.74) is 4.11. The van der Waals surface area contributed by atoms with Crippen LogP contribution in [0.3, 0.4) is 0 Å². The Kier molecular flexibility index (Phi) is 3.52. The molecular formula is C10H15F3N2O2.